The van der Waals surface area contributed by atoms with Gasteiger partial charge in [-0.3, -0.25) is 10.2 Å². The van der Waals surface area contributed by atoms with Gasteiger partial charge >= 0.3 is 0 Å². The number of nitrogens with zero attached hydrogens (tertiary/aromatic N) is 1. The average Bonchev–Trinajstić information content (AvgIpc) is 1.98. The maximum Gasteiger partial charge on any atom is 0.243 e. The van der Waals surface area contributed by atoms with Crippen molar-refractivity contribution in [1.82, 2.24) is 5.43 Å². The van der Waals surface area contributed by atoms with Crippen molar-refractivity contribution in [1.29, 1.82) is 5.26 Å². The highest BCUT2D eigenvalue weighted by Gasteiger charge is 1.95. The number of hydrogen-bond donors (Lipinski definition) is 2. The van der Waals surface area contributed by atoms with Crippen molar-refractivity contribution in [2.75, 3.05) is 11.5 Å². The number of hydrazine groups is 1. The molecule has 1 amide bonds. The van der Waals surface area contributed by atoms with Crippen molar-refractivity contribution in [2.45, 2.75) is 6.42 Å². The molecule has 0 heterocycles. The van der Waals surface area contributed by atoms with Gasteiger partial charge in [-0.1, -0.05) is 0 Å². The molecule has 0 saturated heterocycles. The summed E-state index contributed by atoms with van der Waals surface area (Å²) in [5, 5.41) is 8.10. The van der Waals surface area contributed by atoms with Crippen LogP contribution in [-0.4, -0.2) is 17.4 Å². The third kappa shape index (κ3) is 5.41. The van der Waals surface area contributed by atoms with Crippen LogP contribution in [0.15, 0.2) is 0 Å². The van der Waals surface area contributed by atoms with E-state index in [2.05, 4.69) is 0 Å². The summed E-state index contributed by atoms with van der Waals surface area (Å²) >= 11 is 1.40. The average molecular weight is 159 g/mol. The number of rotatable bonds is 4. The summed E-state index contributed by atoms with van der Waals surface area (Å²) in [6.45, 7) is 0. The molecule has 4 nitrogen and oxygen atoms in total. The predicted octanol–water partition coefficient (Wildman–Crippen LogP) is -0.377. The second-order valence-corrected chi connectivity index (χ2v) is 2.63. The maximum atomic E-state index is 10.4. The van der Waals surface area contributed by atoms with Gasteiger partial charge in [0.1, 0.15) is 0 Å². The van der Waals surface area contributed by atoms with Crippen molar-refractivity contribution in [2.24, 2.45) is 5.84 Å². The molecule has 0 aliphatic heterocycles. The number of hydrogen-bond acceptors (Lipinski definition) is 4. The van der Waals surface area contributed by atoms with Gasteiger partial charge in [-0.25, -0.2) is 5.84 Å². The molecule has 0 rings (SSSR count). The molecule has 0 atom stereocenters. The Hall–Kier alpha value is -0.730. The summed E-state index contributed by atoms with van der Waals surface area (Å²) in [5.74, 6) is 5.62. The summed E-state index contributed by atoms with van der Waals surface area (Å²) < 4.78 is 0. The molecular weight excluding hydrogens is 150 g/mol. The van der Waals surface area contributed by atoms with Gasteiger partial charge < -0.3 is 0 Å². The molecule has 0 aromatic carbocycles. The Morgan fingerprint density at radius 1 is 1.80 bits per heavy atom. The van der Waals surface area contributed by atoms with Crippen LogP contribution in [0.2, 0.25) is 0 Å². The lowest BCUT2D eigenvalue weighted by Gasteiger charge is -1.95. The number of amides is 1. The lowest BCUT2D eigenvalue weighted by Crippen LogP contribution is -2.31. The third-order valence-electron chi connectivity index (χ3n) is 0.752. The van der Waals surface area contributed by atoms with Crippen LogP contribution in [0.1, 0.15) is 6.42 Å². The second-order valence-electron chi connectivity index (χ2n) is 1.53. The van der Waals surface area contributed by atoms with Gasteiger partial charge in [0.2, 0.25) is 5.91 Å². The first kappa shape index (κ1) is 9.27. The Kier molecular flexibility index (Phi) is 5.92. The molecule has 0 aliphatic carbocycles. The zero-order valence-electron chi connectivity index (χ0n) is 5.46. The standard InChI is InChI=1S/C5H9N3OS/c6-2-1-3-10-4-5(9)8-7/h1,3-4,7H2,(H,8,9). The zero-order valence-corrected chi connectivity index (χ0v) is 6.28. The third-order valence-corrected chi connectivity index (χ3v) is 1.71. The van der Waals surface area contributed by atoms with Crippen molar-refractivity contribution in [3.05, 3.63) is 0 Å². The molecular formula is C5H9N3OS. The van der Waals surface area contributed by atoms with Crippen LogP contribution in [0.4, 0.5) is 0 Å². The number of carbonyl (C=O) groups is 1. The van der Waals surface area contributed by atoms with Gasteiger partial charge in [0.25, 0.3) is 0 Å². The Morgan fingerprint density at radius 3 is 3.00 bits per heavy atom. The molecule has 0 spiro atoms. The Morgan fingerprint density at radius 2 is 2.50 bits per heavy atom. The highest BCUT2D eigenvalue weighted by molar-refractivity contribution is 7.99. The zero-order chi connectivity index (χ0) is 7.82. The van der Waals surface area contributed by atoms with E-state index in [0.717, 1.165) is 0 Å². The van der Waals surface area contributed by atoms with E-state index in [4.69, 9.17) is 11.1 Å². The summed E-state index contributed by atoms with van der Waals surface area (Å²) in [6.07, 6.45) is 0.475. The quantitative estimate of drug-likeness (QED) is 0.254. The minimum absolute atomic E-state index is 0.206. The molecule has 0 bridgehead atoms. The van der Waals surface area contributed by atoms with E-state index in [1.165, 1.54) is 11.8 Å². The molecule has 0 radical (unpaired) electrons. The lowest BCUT2D eigenvalue weighted by atomic mass is 10.6. The summed E-state index contributed by atoms with van der Waals surface area (Å²) in [7, 11) is 0. The van der Waals surface area contributed by atoms with Crippen LogP contribution < -0.4 is 11.3 Å². The van der Waals surface area contributed by atoms with E-state index in [1.54, 1.807) is 0 Å². The summed E-state index contributed by atoms with van der Waals surface area (Å²) in [6, 6.07) is 1.98. The molecule has 0 aromatic rings. The number of thioether (sulfide) groups is 1. The minimum Gasteiger partial charge on any atom is -0.294 e. The first-order valence-corrected chi connectivity index (χ1v) is 3.91. The molecule has 56 valence electrons. The minimum atomic E-state index is -0.206. The van der Waals surface area contributed by atoms with Gasteiger partial charge in [0, 0.05) is 12.2 Å². The molecule has 0 aromatic heterocycles. The molecule has 0 aliphatic rings. The van der Waals surface area contributed by atoms with Crippen LogP contribution in [-0.2, 0) is 4.79 Å². The highest BCUT2D eigenvalue weighted by Crippen LogP contribution is 1.99. The Labute approximate surface area is 63.7 Å². The van der Waals surface area contributed by atoms with Crippen molar-refractivity contribution >= 4 is 17.7 Å². The fourth-order valence-electron chi connectivity index (χ4n) is 0.324. The van der Waals surface area contributed by atoms with E-state index < -0.39 is 0 Å². The normalized spacial score (nSPS) is 8.40. The van der Waals surface area contributed by atoms with Gasteiger partial charge in [-0.15, -0.1) is 0 Å². The van der Waals surface area contributed by atoms with Gasteiger partial charge in [0.05, 0.1) is 11.8 Å². The number of nitrogens with two attached hydrogens (primary N) is 1. The van der Waals surface area contributed by atoms with E-state index in [0.29, 0.717) is 17.9 Å². The monoisotopic (exact) mass is 159 g/mol. The topological polar surface area (TPSA) is 78.9 Å². The second kappa shape index (κ2) is 6.39. The molecule has 3 N–H and O–H groups in total. The van der Waals surface area contributed by atoms with Crippen LogP contribution >= 0.6 is 11.8 Å². The van der Waals surface area contributed by atoms with Crippen molar-refractivity contribution in [3.63, 3.8) is 0 Å². The van der Waals surface area contributed by atoms with Crippen LogP contribution in [0.5, 0.6) is 0 Å². The largest absolute Gasteiger partial charge is 0.294 e. The van der Waals surface area contributed by atoms with Crippen LogP contribution in [0, 0.1) is 11.3 Å². The highest BCUT2D eigenvalue weighted by atomic mass is 32.2. The Bertz CT molecular complexity index is 142. The van der Waals surface area contributed by atoms with E-state index in [9.17, 15) is 4.79 Å². The molecule has 0 saturated carbocycles. The lowest BCUT2D eigenvalue weighted by molar-refractivity contribution is -0.118. The van der Waals surface area contributed by atoms with Gasteiger partial charge in [-0.2, -0.15) is 17.0 Å². The number of carbonyl (C=O) groups excluding carboxylic acids is 1. The first-order chi connectivity index (χ1) is 4.81. The smallest absolute Gasteiger partial charge is 0.243 e. The molecule has 0 unspecified atom stereocenters. The van der Waals surface area contributed by atoms with Crippen molar-refractivity contribution < 1.29 is 4.79 Å². The fraction of sp³-hybridized carbons (Fsp3) is 0.600. The Balaban J connectivity index is 3.05. The summed E-state index contributed by atoms with van der Waals surface area (Å²) in [5.41, 5.74) is 2.00. The fourth-order valence-corrected chi connectivity index (χ4v) is 0.973. The number of nitrogens with one attached hydrogen (secondary N) is 1. The predicted molar refractivity (Wildman–Crippen MR) is 39.9 cm³/mol. The molecule has 10 heavy (non-hydrogen) atoms. The maximum absolute atomic E-state index is 10.4. The van der Waals surface area contributed by atoms with Gasteiger partial charge in [0.15, 0.2) is 0 Å². The molecule has 0 fully saturated rings. The summed E-state index contributed by atoms with van der Waals surface area (Å²) in [4.78, 5) is 10.4. The van der Waals surface area contributed by atoms with Crippen LogP contribution in [0.3, 0.4) is 0 Å². The number of nitriles is 1. The van der Waals surface area contributed by atoms with Crippen LogP contribution in [0.25, 0.3) is 0 Å². The van der Waals surface area contributed by atoms with E-state index in [1.807, 2.05) is 11.5 Å². The van der Waals surface area contributed by atoms with E-state index >= 15 is 0 Å². The van der Waals surface area contributed by atoms with Gasteiger partial charge in [-0.05, 0) is 0 Å². The van der Waals surface area contributed by atoms with E-state index in [-0.39, 0.29) is 5.91 Å². The van der Waals surface area contributed by atoms with Crippen molar-refractivity contribution in [3.8, 4) is 6.07 Å². The SMILES string of the molecule is N#CCCSCC(=O)NN. The molecule has 5 heteroatoms. The first-order valence-electron chi connectivity index (χ1n) is 2.75.